The van der Waals surface area contributed by atoms with Gasteiger partial charge in [0, 0.05) is 18.9 Å². The highest BCUT2D eigenvalue weighted by atomic mass is 16.5. The minimum absolute atomic E-state index is 0.153. The molecular weight excluding hydrogens is 244 g/mol. The molecule has 1 atom stereocenters. The van der Waals surface area contributed by atoms with Gasteiger partial charge in [0.05, 0.1) is 0 Å². The van der Waals surface area contributed by atoms with Gasteiger partial charge in [-0.05, 0) is 12.8 Å². The summed E-state index contributed by atoms with van der Waals surface area (Å²) in [4.78, 5) is 7.93. The molecule has 2 N–H and O–H groups in total. The quantitative estimate of drug-likeness (QED) is 0.858. The van der Waals surface area contributed by atoms with E-state index in [1.165, 1.54) is 11.0 Å². The number of nitrogens with two attached hydrogens (primary N) is 1. The van der Waals surface area contributed by atoms with Gasteiger partial charge in [0.25, 0.3) is 0 Å². The maximum Gasteiger partial charge on any atom is 0.159 e. The van der Waals surface area contributed by atoms with Gasteiger partial charge in [-0.1, -0.05) is 0 Å². The van der Waals surface area contributed by atoms with E-state index >= 15 is 0 Å². The van der Waals surface area contributed by atoms with Crippen molar-refractivity contribution in [2.24, 2.45) is 0 Å². The Balaban J connectivity index is 2.10. The molecule has 0 aliphatic carbocycles. The molecule has 0 unspecified atom stereocenters. The lowest BCUT2D eigenvalue weighted by atomic mass is 10.1. The summed E-state index contributed by atoms with van der Waals surface area (Å²) in [5, 5.41) is 13.6. The molecule has 1 aliphatic rings. The Hall–Kier alpha value is -2.46. The van der Waals surface area contributed by atoms with E-state index in [4.69, 9.17) is 10.5 Å². The van der Waals surface area contributed by atoms with Gasteiger partial charge in [-0.25, -0.2) is 9.97 Å². The number of nitrogen functional groups attached to an aromatic ring is 1. The van der Waals surface area contributed by atoms with E-state index in [0.717, 1.165) is 12.8 Å². The lowest BCUT2D eigenvalue weighted by Crippen LogP contribution is -2.05. The van der Waals surface area contributed by atoms with Crippen LogP contribution in [-0.4, -0.2) is 26.4 Å². The van der Waals surface area contributed by atoms with Crippen LogP contribution in [0.15, 0.2) is 18.6 Å². The first-order valence-corrected chi connectivity index (χ1v) is 5.97. The summed E-state index contributed by atoms with van der Waals surface area (Å²) in [5.41, 5.74) is 6.94. The lowest BCUT2D eigenvalue weighted by molar-refractivity contribution is 0.108. The van der Waals surface area contributed by atoms with Gasteiger partial charge in [0.1, 0.15) is 35.6 Å². The molecule has 7 nitrogen and oxygen atoms in total. The second kappa shape index (κ2) is 4.66. The molecule has 0 bridgehead atoms. The minimum Gasteiger partial charge on any atom is -0.382 e. The van der Waals surface area contributed by atoms with Gasteiger partial charge < -0.3 is 10.5 Å². The van der Waals surface area contributed by atoms with Crippen molar-refractivity contribution < 1.29 is 4.74 Å². The largest absolute Gasteiger partial charge is 0.382 e. The number of aromatic nitrogens is 4. The molecule has 19 heavy (non-hydrogen) atoms. The molecule has 96 valence electrons. The van der Waals surface area contributed by atoms with Gasteiger partial charge in [0.2, 0.25) is 0 Å². The summed E-state index contributed by atoms with van der Waals surface area (Å²) in [6, 6.07) is 3.78. The maximum absolute atomic E-state index is 9.25. The molecule has 2 aromatic rings. The average molecular weight is 256 g/mol. The van der Waals surface area contributed by atoms with Crippen molar-refractivity contribution in [1.29, 1.82) is 5.26 Å². The third-order valence-electron chi connectivity index (χ3n) is 3.08. The predicted octanol–water partition coefficient (Wildman–Crippen LogP) is 0.968. The van der Waals surface area contributed by atoms with Crippen LogP contribution in [-0.2, 0) is 4.74 Å². The topological polar surface area (TPSA) is 103 Å². The first-order valence-electron chi connectivity index (χ1n) is 5.97. The second-order valence-electron chi connectivity index (χ2n) is 4.24. The Morgan fingerprint density at radius 3 is 3.05 bits per heavy atom. The molecule has 3 heterocycles. The van der Waals surface area contributed by atoms with Crippen molar-refractivity contribution in [3.63, 3.8) is 0 Å². The number of rotatable bonds is 2. The van der Waals surface area contributed by atoms with Gasteiger partial charge in [-0.3, -0.25) is 0 Å². The molecule has 1 saturated heterocycles. The highest BCUT2D eigenvalue weighted by Gasteiger charge is 2.27. The van der Waals surface area contributed by atoms with Crippen LogP contribution in [0.5, 0.6) is 0 Å². The van der Waals surface area contributed by atoms with Crippen molar-refractivity contribution >= 4 is 5.82 Å². The number of hydrogen-bond acceptors (Lipinski definition) is 6. The van der Waals surface area contributed by atoms with E-state index in [9.17, 15) is 5.26 Å². The van der Waals surface area contributed by atoms with E-state index in [1.807, 2.05) is 0 Å². The van der Waals surface area contributed by atoms with Crippen molar-refractivity contribution in [3.8, 4) is 11.9 Å². The van der Waals surface area contributed by atoms with E-state index in [2.05, 4.69) is 21.1 Å². The average Bonchev–Trinajstić information content (AvgIpc) is 3.07. The van der Waals surface area contributed by atoms with E-state index in [0.29, 0.717) is 23.7 Å². The minimum atomic E-state index is -0.153. The molecule has 0 amide bonds. The third-order valence-corrected chi connectivity index (χ3v) is 3.08. The van der Waals surface area contributed by atoms with E-state index in [-0.39, 0.29) is 11.9 Å². The first kappa shape index (κ1) is 11.6. The van der Waals surface area contributed by atoms with Gasteiger partial charge in [-0.2, -0.15) is 15.0 Å². The van der Waals surface area contributed by atoms with Crippen LogP contribution in [0.3, 0.4) is 0 Å². The van der Waals surface area contributed by atoms with Crippen molar-refractivity contribution in [1.82, 2.24) is 19.7 Å². The van der Waals surface area contributed by atoms with Crippen molar-refractivity contribution in [2.75, 3.05) is 12.3 Å². The van der Waals surface area contributed by atoms with Gasteiger partial charge >= 0.3 is 0 Å². The number of ether oxygens (including phenoxy) is 1. The lowest BCUT2D eigenvalue weighted by Gasteiger charge is -2.05. The zero-order valence-corrected chi connectivity index (χ0v) is 10.2. The Morgan fingerprint density at radius 1 is 1.53 bits per heavy atom. The Kier molecular flexibility index (Phi) is 2.85. The van der Waals surface area contributed by atoms with Crippen LogP contribution < -0.4 is 5.73 Å². The Labute approximate surface area is 109 Å². The molecule has 0 aromatic carbocycles. The highest BCUT2D eigenvalue weighted by molar-refractivity contribution is 5.55. The summed E-state index contributed by atoms with van der Waals surface area (Å²) in [7, 11) is 0. The van der Waals surface area contributed by atoms with Gasteiger partial charge in [0.15, 0.2) is 5.82 Å². The van der Waals surface area contributed by atoms with Crippen LogP contribution in [0.2, 0.25) is 0 Å². The maximum atomic E-state index is 9.25. The van der Waals surface area contributed by atoms with Crippen LogP contribution in [0.1, 0.15) is 30.2 Å². The number of nitriles is 1. The molecule has 1 aliphatic heterocycles. The molecule has 0 saturated carbocycles. The Morgan fingerprint density at radius 2 is 2.42 bits per heavy atom. The van der Waals surface area contributed by atoms with Crippen LogP contribution in [0.25, 0.3) is 5.82 Å². The third kappa shape index (κ3) is 1.92. The fraction of sp³-hybridized carbons (Fsp3) is 0.333. The summed E-state index contributed by atoms with van der Waals surface area (Å²) < 4.78 is 7.03. The number of nitrogens with zero attached hydrogens (tertiary/aromatic N) is 5. The molecule has 0 spiro atoms. The molecule has 2 aromatic heterocycles. The first-order chi connectivity index (χ1) is 9.31. The highest BCUT2D eigenvalue weighted by Crippen LogP contribution is 2.32. The van der Waals surface area contributed by atoms with Crippen LogP contribution >= 0.6 is 0 Å². The molecule has 0 radical (unpaired) electrons. The number of hydrogen-bond donors (Lipinski definition) is 1. The standard InChI is InChI=1S/C12H12N6O/c13-6-8-11(9-2-1-5-19-9)17-18(12(8)14)10-3-4-15-7-16-10/h3-4,7,9H,1-2,5,14H2/t9-/m0/s1. The van der Waals surface area contributed by atoms with Gasteiger partial charge in [-0.15, -0.1) is 0 Å². The van der Waals surface area contributed by atoms with Crippen molar-refractivity contribution in [2.45, 2.75) is 18.9 Å². The Bertz CT molecular complexity index is 624. The summed E-state index contributed by atoms with van der Waals surface area (Å²) >= 11 is 0. The second-order valence-corrected chi connectivity index (χ2v) is 4.24. The summed E-state index contributed by atoms with van der Waals surface area (Å²) in [6.07, 6.45) is 4.68. The molecular formula is C12H12N6O. The molecule has 7 heteroatoms. The predicted molar refractivity (Wildman–Crippen MR) is 66.2 cm³/mol. The fourth-order valence-electron chi connectivity index (χ4n) is 2.17. The van der Waals surface area contributed by atoms with E-state index in [1.54, 1.807) is 12.3 Å². The zero-order valence-electron chi connectivity index (χ0n) is 10.2. The smallest absolute Gasteiger partial charge is 0.159 e. The van der Waals surface area contributed by atoms with Crippen LogP contribution in [0.4, 0.5) is 5.82 Å². The molecule has 1 fully saturated rings. The summed E-state index contributed by atoms with van der Waals surface area (Å²) in [5.74, 6) is 0.819. The monoisotopic (exact) mass is 256 g/mol. The van der Waals surface area contributed by atoms with E-state index < -0.39 is 0 Å². The zero-order chi connectivity index (χ0) is 13.2. The van der Waals surface area contributed by atoms with Crippen molar-refractivity contribution in [3.05, 3.63) is 29.8 Å². The number of anilines is 1. The van der Waals surface area contributed by atoms with Crippen LogP contribution in [0, 0.1) is 11.3 Å². The SMILES string of the molecule is N#Cc1c([C@@H]2CCCO2)nn(-c2ccncn2)c1N. The summed E-state index contributed by atoms with van der Waals surface area (Å²) in [6.45, 7) is 0.690. The normalized spacial score (nSPS) is 18.4. The fourth-order valence-corrected chi connectivity index (χ4v) is 2.17. The molecule has 3 rings (SSSR count).